The van der Waals surface area contributed by atoms with Crippen molar-refractivity contribution in [3.63, 3.8) is 0 Å². The molecule has 2 rings (SSSR count). The average molecular weight is 494 g/mol. The average Bonchev–Trinajstić information content (AvgIpc) is 2.59. The first-order valence-corrected chi connectivity index (χ1v) is 17.7. The van der Waals surface area contributed by atoms with Gasteiger partial charge in [0.05, 0.1) is 0 Å². The van der Waals surface area contributed by atoms with Gasteiger partial charge in [-0.15, -0.1) is 0 Å². The molecule has 0 N–H and O–H groups in total. The zero-order valence-corrected chi connectivity index (χ0v) is 25.3. The topological polar surface area (TPSA) is 9.23 Å². The summed E-state index contributed by atoms with van der Waals surface area (Å²) < 4.78 is 11.5. The summed E-state index contributed by atoms with van der Waals surface area (Å²) in [5.41, 5.74) is 0. The molecular weight excluding hydrogens is 448 g/mol. The van der Waals surface area contributed by atoms with Gasteiger partial charge >= 0.3 is 202 Å². The molecule has 0 bridgehead atoms. The molecule has 1 nitrogen and oxygen atoms in total. The van der Waals surface area contributed by atoms with Gasteiger partial charge in [0.25, 0.3) is 0 Å². The van der Waals surface area contributed by atoms with E-state index in [0.29, 0.717) is 0 Å². The first-order chi connectivity index (χ1) is 13.9. The van der Waals surface area contributed by atoms with Gasteiger partial charge in [-0.2, -0.15) is 0 Å². The molecule has 0 aromatic heterocycles. The van der Waals surface area contributed by atoms with Crippen molar-refractivity contribution >= 4 is 7.74 Å². The summed E-state index contributed by atoms with van der Waals surface area (Å²) >= 11 is -6.52. The molecule has 172 valence electrons. The SMILES string of the molecule is C[C](C)(C)[Ti]([O][Ti]([C](C)(C)C)([C](C)(C)C)[C](C)(C)C)([c]1ccccc1)[c]1ccccc1. The van der Waals surface area contributed by atoms with Crippen molar-refractivity contribution in [1.29, 1.82) is 0 Å². The van der Waals surface area contributed by atoms with E-state index >= 15 is 0 Å². The predicted molar refractivity (Wildman–Crippen MR) is 132 cm³/mol. The van der Waals surface area contributed by atoms with E-state index in [2.05, 4.69) is 144 Å². The number of hydrogen-bond acceptors (Lipinski definition) is 1. The molecule has 3 heteroatoms. The third-order valence-electron chi connectivity index (χ3n) is 6.89. The minimum absolute atomic E-state index is 0.0426. The van der Waals surface area contributed by atoms with E-state index in [0.717, 1.165) is 0 Å². The Balaban J connectivity index is 3.06. The molecule has 0 fully saturated rings. The second-order valence-electron chi connectivity index (χ2n) is 13.2. The zero-order chi connectivity index (χ0) is 23.9. The normalized spacial score (nSPS) is 14.6. The molecule has 2 aromatic rings. The second kappa shape index (κ2) is 8.88. The third-order valence-corrected chi connectivity index (χ3v) is 28.6. The zero-order valence-electron chi connectivity index (χ0n) is 22.2. The Kier molecular flexibility index (Phi) is 7.76. The standard InChI is InChI=1S/2C6H5.4C4H9.O.2Ti/c2*1-2-4-6-5-3-1;4*1-4(2)3;;;/h2*1-5H;4*1-3H3;;;. The Morgan fingerprint density at radius 1 is 0.452 bits per heavy atom. The van der Waals surface area contributed by atoms with E-state index in [-0.39, 0.29) is 14.9 Å². The van der Waals surface area contributed by atoms with Gasteiger partial charge in [0.1, 0.15) is 0 Å². The van der Waals surface area contributed by atoms with Crippen LogP contribution in [0.15, 0.2) is 60.7 Å². The fraction of sp³-hybridized carbons (Fsp3) is 0.571. The Morgan fingerprint density at radius 2 is 0.742 bits per heavy atom. The van der Waals surface area contributed by atoms with Gasteiger partial charge in [-0.05, 0) is 0 Å². The van der Waals surface area contributed by atoms with E-state index in [1.54, 1.807) is 0 Å². The molecule has 0 spiro atoms. The molecule has 0 aliphatic carbocycles. The molecule has 0 heterocycles. The number of benzene rings is 2. The molecule has 0 unspecified atom stereocenters. The summed E-state index contributed by atoms with van der Waals surface area (Å²) in [4.78, 5) is 0. The van der Waals surface area contributed by atoms with Crippen molar-refractivity contribution < 1.29 is 35.9 Å². The van der Waals surface area contributed by atoms with Crippen LogP contribution in [0.1, 0.15) is 83.1 Å². The van der Waals surface area contributed by atoms with E-state index in [4.69, 9.17) is 1.90 Å². The van der Waals surface area contributed by atoms with Crippen molar-refractivity contribution in [3.05, 3.63) is 60.7 Å². The summed E-state index contributed by atoms with van der Waals surface area (Å²) in [5.74, 6) is 0. The molecule has 0 amide bonds. The fourth-order valence-electron chi connectivity index (χ4n) is 6.71. The van der Waals surface area contributed by atoms with Gasteiger partial charge in [-0.25, -0.2) is 0 Å². The van der Waals surface area contributed by atoms with Crippen LogP contribution < -0.4 is 7.74 Å². The Labute approximate surface area is 201 Å². The number of hydrogen-bond donors (Lipinski definition) is 0. The van der Waals surface area contributed by atoms with Gasteiger partial charge in [-0.3, -0.25) is 0 Å². The Morgan fingerprint density at radius 3 is 0.968 bits per heavy atom. The van der Waals surface area contributed by atoms with Crippen molar-refractivity contribution in [2.24, 2.45) is 0 Å². The van der Waals surface area contributed by atoms with Crippen LogP contribution in [-0.2, 0) is 35.9 Å². The first kappa shape index (κ1) is 27.1. The molecule has 0 radical (unpaired) electrons. The molecular formula is C28H46OTi2. The van der Waals surface area contributed by atoms with Crippen molar-refractivity contribution in [2.45, 2.75) is 98.0 Å². The Bertz CT molecular complexity index is 769. The van der Waals surface area contributed by atoms with Crippen LogP contribution >= 0.6 is 0 Å². The summed E-state index contributed by atoms with van der Waals surface area (Å²) in [6.45, 7) is 29.4. The van der Waals surface area contributed by atoms with Crippen LogP contribution in [0, 0.1) is 0 Å². The van der Waals surface area contributed by atoms with Gasteiger partial charge in [0.2, 0.25) is 0 Å². The summed E-state index contributed by atoms with van der Waals surface area (Å²) in [6.07, 6.45) is 0. The second-order valence-corrected chi connectivity index (χ2v) is 30.3. The van der Waals surface area contributed by atoms with Crippen LogP contribution in [0.2, 0.25) is 14.9 Å². The summed E-state index contributed by atoms with van der Waals surface area (Å²) in [7, 11) is 0. The van der Waals surface area contributed by atoms with E-state index in [1.807, 2.05) is 0 Å². The first-order valence-electron chi connectivity index (χ1n) is 11.7. The minimum atomic E-state index is -3.36. The molecule has 31 heavy (non-hydrogen) atoms. The summed E-state index contributed by atoms with van der Waals surface area (Å²) in [6, 6.07) is 22.5. The third kappa shape index (κ3) is 4.74. The van der Waals surface area contributed by atoms with Crippen LogP contribution in [0.3, 0.4) is 0 Å². The monoisotopic (exact) mass is 494 g/mol. The van der Waals surface area contributed by atoms with Crippen molar-refractivity contribution in [1.82, 2.24) is 0 Å². The maximum atomic E-state index is 8.23. The van der Waals surface area contributed by atoms with Crippen LogP contribution in [-0.4, -0.2) is 0 Å². The summed E-state index contributed by atoms with van der Waals surface area (Å²) in [5, 5.41) is 0. The molecule has 2 aromatic carbocycles. The van der Waals surface area contributed by atoms with Gasteiger partial charge in [-0.1, -0.05) is 0 Å². The van der Waals surface area contributed by atoms with Crippen molar-refractivity contribution in [2.75, 3.05) is 0 Å². The van der Waals surface area contributed by atoms with Gasteiger partial charge in [0.15, 0.2) is 0 Å². The van der Waals surface area contributed by atoms with Crippen LogP contribution in [0.4, 0.5) is 0 Å². The predicted octanol–water partition coefficient (Wildman–Crippen LogP) is 8.67. The molecule has 0 aliphatic heterocycles. The Hall–Kier alpha value is -0.171. The van der Waals surface area contributed by atoms with Crippen molar-refractivity contribution in [3.8, 4) is 0 Å². The van der Waals surface area contributed by atoms with E-state index < -0.39 is 34.0 Å². The maximum absolute atomic E-state index is 8.23. The quantitative estimate of drug-likeness (QED) is 0.387. The molecule has 0 aliphatic rings. The van der Waals surface area contributed by atoms with Gasteiger partial charge < -0.3 is 0 Å². The van der Waals surface area contributed by atoms with Gasteiger partial charge in [0, 0.05) is 0 Å². The molecule has 0 atom stereocenters. The molecule has 0 saturated carbocycles. The fourth-order valence-corrected chi connectivity index (χ4v) is 37.9. The van der Waals surface area contributed by atoms with Crippen LogP contribution in [0.25, 0.3) is 0 Å². The van der Waals surface area contributed by atoms with E-state index in [1.165, 1.54) is 7.74 Å². The number of rotatable bonds is 4. The molecule has 0 saturated heterocycles. The van der Waals surface area contributed by atoms with Crippen LogP contribution in [0.5, 0.6) is 0 Å². The van der Waals surface area contributed by atoms with E-state index in [9.17, 15) is 0 Å².